The molecule has 3 rings (SSSR count). The molecular weight excluding hydrogens is 445 g/mol. The molecule has 8 heteroatoms. The minimum Gasteiger partial charge on any atom is -0.534 e. The van der Waals surface area contributed by atoms with Crippen molar-refractivity contribution in [3.63, 3.8) is 0 Å². The van der Waals surface area contributed by atoms with Crippen molar-refractivity contribution in [3.8, 4) is 0 Å². The molecule has 1 saturated heterocycles. The molecule has 1 aromatic carbocycles. The van der Waals surface area contributed by atoms with Crippen LogP contribution in [0.15, 0.2) is 36.6 Å². The third-order valence-corrected chi connectivity index (χ3v) is 6.13. The number of hydrogen-bond donors (Lipinski definition) is 1. The highest BCUT2D eigenvalue weighted by molar-refractivity contribution is 6.62. The average Bonchev–Trinajstić information content (AvgIpc) is 3.34. The predicted molar refractivity (Wildman–Crippen MR) is 137 cm³/mol. The van der Waals surface area contributed by atoms with Gasteiger partial charge in [-0.15, -0.1) is 0 Å². The van der Waals surface area contributed by atoms with Gasteiger partial charge in [0.05, 0.1) is 5.76 Å². The maximum Gasteiger partial charge on any atom is 0.563 e. The minimum absolute atomic E-state index is 0.0845. The van der Waals surface area contributed by atoms with Crippen LogP contribution in [0.25, 0.3) is 6.08 Å². The van der Waals surface area contributed by atoms with Gasteiger partial charge in [-0.1, -0.05) is 36.9 Å². The highest BCUT2D eigenvalue weighted by Crippen LogP contribution is 2.29. The first kappa shape index (κ1) is 26.9. The molecule has 1 atom stereocenters. The van der Waals surface area contributed by atoms with Crippen molar-refractivity contribution >= 4 is 30.7 Å². The number of hydrogen-bond acceptors (Lipinski definition) is 6. The Hall–Kier alpha value is -2.74. The number of rotatable bonds is 7. The number of aryl methyl sites for hydroxylation is 1. The highest BCUT2D eigenvalue weighted by Gasteiger charge is 2.42. The summed E-state index contributed by atoms with van der Waals surface area (Å²) in [5, 5.41) is 2.68. The molecular formula is C27H38BNO6. The number of alkyl carbamates (subject to hydrolysis) is 1. The number of amides is 1. The topological polar surface area (TPSA) is 83.1 Å². The number of carbonyl (C=O) groups is 2. The molecule has 190 valence electrons. The lowest BCUT2D eigenvalue weighted by atomic mass is 9.78. The van der Waals surface area contributed by atoms with Crippen LogP contribution in [0.3, 0.4) is 0 Å². The van der Waals surface area contributed by atoms with Gasteiger partial charge in [-0.05, 0) is 90.2 Å². The quantitative estimate of drug-likeness (QED) is 0.443. The van der Waals surface area contributed by atoms with Crippen molar-refractivity contribution in [1.29, 1.82) is 0 Å². The fourth-order valence-corrected chi connectivity index (χ4v) is 4.00. The molecule has 1 aliphatic heterocycles. The molecule has 1 aliphatic carbocycles. The van der Waals surface area contributed by atoms with Crippen LogP contribution in [-0.4, -0.2) is 42.5 Å². The molecule has 0 radical (unpaired) electrons. The number of ether oxygens (including phenoxy) is 2. The summed E-state index contributed by atoms with van der Waals surface area (Å²) < 4.78 is 22.8. The maximum absolute atomic E-state index is 12.9. The Kier molecular flexibility index (Phi) is 8.36. The Balaban J connectivity index is 1.71. The van der Waals surface area contributed by atoms with Crippen LogP contribution in [0.1, 0.15) is 77.8 Å². The lowest BCUT2D eigenvalue weighted by molar-refractivity contribution is -0.151. The number of carbonyl (C=O) groups excluding carboxylic acids is 2. The maximum atomic E-state index is 12.9. The number of esters is 1. The molecule has 1 saturated carbocycles. The first-order chi connectivity index (χ1) is 16.3. The van der Waals surface area contributed by atoms with Gasteiger partial charge in [0.15, 0.2) is 0 Å². The summed E-state index contributed by atoms with van der Waals surface area (Å²) in [6.45, 7) is 15.1. The minimum atomic E-state index is -0.837. The zero-order valence-electron chi connectivity index (χ0n) is 21.8. The van der Waals surface area contributed by atoms with Crippen molar-refractivity contribution in [2.24, 2.45) is 0 Å². The lowest BCUT2D eigenvalue weighted by Crippen LogP contribution is -2.44. The molecule has 0 spiro atoms. The predicted octanol–water partition coefficient (Wildman–Crippen LogP) is 4.81. The van der Waals surface area contributed by atoms with Crippen molar-refractivity contribution in [2.75, 3.05) is 0 Å². The van der Waals surface area contributed by atoms with E-state index in [4.69, 9.17) is 18.8 Å². The van der Waals surface area contributed by atoms with Gasteiger partial charge in [0, 0.05) is 0 Å². The Morgan fingerprint density at radius 2 is 1.97 bits per heavy atom. The Bertz CT molecular complexity index is 974. The normalized spacial score (nSPS) is 19.0. The largest absolute Gasteiger partial charge is 0.563 e. The van der Waals surface area contributed by atoms with E-state index in [2.05, 4.69) is 11.9 Å². The SMILES string of the molecule is C=C1OB(c2ccc(C)c(/C=C/C[C@H](NC(=O)OC(C)(C)C)C(=O)OC3CCCC3)c2)OC1(C)C. The van der Waals surface area contributed by atoms with E-state index < -0.39 is 36.4 Å². The summed E-state index contributed by atoms with van der Waals surface area (Å²) in [6.07, 6.45) is 7.17. The summed E-state index contributed by atoms with van der Waals surface area (Å²) in [5.74, 6) is 0.156. The van der Waals surface area contributed by atoms with E-state index in [0.29, 0.717) is 5.76 Å². The number of benzene rings is 1. The molecule has 1 aromatic rings. The van der Waals surface area contributed by atoms with Crippen LogP contribution in [0.4, 0.5) is 4.79 Å². The molecule has 0 unspecified atom stereocenters. The number of nitrogens with one attached hydrogen (secondary N) is 1. The summed E-state index contributed by atoms with van der Waals surface area (Å²) in [5.41, 5.74) is 1.69. The highest BCUT2D eigenvalue weighted by atomic mass is 16.7. The summed E-state index contributed by atoms with van der Waals surface area (Å²) in [7, 11) is -0.520. The van der Waals surface area contributed by atoms with Crippen LogP contribution in [0, 0.1) is 6.92 Å². The van der Waals surface area contributed by atoms with Gasteiger partial charge in [0.2, 0.25) is 0 Å². The van der Waals surface area contributed by atoms with Gasteiger partial charge in [0.25, 0.3) is 0 Å². The van der Waals surface area contributed by atoms with Crippen LogP contribution in [-0.2, 0) is 23.6 Å². The molecule has 1 amide bonds. The summed E-state index contributed by atoms with van der Waals surface area (Å²) >= 11 is 0. The molecule has 1 N–H and O–H groups in total. The smallest absolute Gasteiger partial charge is 0.534 e. The summed E-state index contributed by atoms with van der Waals surface area (Å²) in [6, 6.07) is 5.13. The summed E-state index contributed by atoms with van der Waals surface area (Å²) in [4.78, 5) is 25.2. The lowest BCUT2D eigenvalue weighted by Gasteiger charge is -2.23. The Labute approximate surface area is 209 Å². The van der Waals surface area contributed by atoms with Crippen LogP contribution < -0.4 is 10.8 Å². The second-order valence-corrected chi connectivity index (χ2v) is 10.8. The zero-order chi connectivity index (χ0) is 25.8. The van der Waals surface area contributed by atoms with Gasteiger partial charge >= 0.3 is 19.2 Å². The molecule has 1 heterocycles. The molecule has 7 nitrogen and oxygen atoms in total. The van der Waals surface area contributed by atoms with E-state index in [-0.39, 0.29) is 12.5 Å². The van der Waals surface area contributed by atoms with Gasteiger partial charge in [0.1, 0.15) is 23.3 Å². The van der Waals surface area contributed by atoms with Gasteiger partial charge in [-0.2, -0.15) is 0 Å². The van der Waals surface area contributed by atoms with E-state index in [1.807, 2.05) is 51.1 Å². The van der Waals surface area contributed by atoms with E-state index in [1.165, 1.54) is 0 Å². The van der Waals surface area contributed by atoms with E-state index >= 15 is 0 Å². The van der Waals surface area contributed by atoms with Gasteiger partial charge in [-0.3, -0.25) is 0 Å². The molecule has 2 aliphatic rings. The second kappa shape index (κ2) is 10.9. The Morgan fingerprint density at radius 1 is 1.29 bits per heavy atom. The fourth-order valence-electron chi connectivity index (χ4n) is 4.00. The zero-order valence-corrected chi connectivity index (χ0v) is 21.8. The second-order valence-electron chi connectivity index (χ2n) is 10.8. The molecule has 2 fully saturated rings. The van der Waals surface area contributed by atoms with Crippen molar-refractivity contribution < 1.29 is 28.4 Å². The van der Waals surface area contributed by atoms with E-state index in [9.17, 15) is 9.59 Å². The van der Waals surface area contributed by atoms with E-state index in [0.717, 1.165) is 42.3 Å². The van der Waals surface area contributed by atoms with E-state index in [1.54, 1.807) is 20.8 Å². The third-order valence-electron chi connectivity index (χ3n) is 6.13. The van der Waals surface area contributed by atoms with Gasteiger partial charge < -0.3 is 24.1 Å². The van der Waals surface area contributed by atoms with Crippen LogP contribution in [0.2, 0.25) is 0 Å². The van der Waals surface area contributed by atoms with Crippen LogP contribution >= 0.6 is 0 Å². The fraction of sp³-hybridized carbons (Fsp3) is 0.556. The standard InChI is InChI=1S/C27H38BNO6/c1-18-15-16-21(28-34-19(2)27(6,7)35-28)17-20(18)11-10-14-23(29-25(31)33-26(3,4)5)24(30)32-22-12-8-9-13-22/h10-11,15-17,22-23H,2,8-9,12-14H2,1,3-7H3,(H,29,31)/b11-10+/t23-/m0/s1. The first-order valence-corrected chi connectivity index (χ1v) is 12.3. The molecule has 35 heavy (non-hydrogen) atoms. The van der Waals surface area contributed by atoms with Gasteiger partial charge in [-0.25, -0.2) is 9.59 Å². The molecule has 0 bridgehead atoms. The average molecular weight is 483 g/mol. The first-order valence-electron chi connectivity index (χ1n) is 12.3. The van der Waals surface area contributed by atoms with Crippen LogP contribution in [0.5, 0.6) is 0 Å². The molecule has 0 aromatic heterocycles. The third kappa shape index (κ3) is 7.62. The Morgan fingerprint density at radius 3 is 2.57 bits per heavy atom. The monoisotopic (exact) mass is 483 g/mol. The van der Waals surface area contributed by atoms with Crippen molar-refractivity contribution in [2.45, 2.75) is 97.0 Å². The van der Waals surface area contributed by atoms with Crippen molar-refractivity contribution in [1.82, 2.24) is 5.32 Å². The van der Waals surface area contributed by atoms with Crippen molar-refractivity contribution in [3.05, 3.63) is 47.7 Å².